The summed E-state index contributed by atoms with van der Waals surface area (Å²) in [5, 5.41) is 32.2. The van der Waals surface area contributed by atoms with Gasteiger partial charge in [-0.3, -0.25) is 4.79 Å². The maximum Gasteiger partial charge on any atom is 0.347 e. The second-order valence-corrected chi connectivity index (χ2v) is 11.5. The van der Waals surface area contributed by atoms with Gasteiger partial charge in [0.15, 0.2) is 6.29 Å². The van der Waals surface area contributed by atoms with Crippen LogP contribution >= 0.6 is 12.2 Å². The van der Waals surface area contributed by atoms with E-state index in [1.807, 2.05) is 54.4 Å². The Bertz CT molecular complexity index is 2090. The summed E-state index contributed by atoms with van der Waals surface area (Å²) in [5.41, 5.74) is 1.90. The SMILES string of the molecule is COc1cc(C)c(C(=O)Oc2cc(C)c(O)c(C(=O)O)c2C)c(O)c1C=O.Cc1cccc(N(C)C(=S)Oc2ccc3ccccc3c2)c1. The molecule has 0 fully saturated rings. The number of hydrogen-bond acceptors (Lipinski definition) is 9. The summed E-state index contributed by atoms with van der Waals surface area (Å²) in [6.45, 7) is 6.41. The number of methoxy groups -OCH3 is 1. The second-order valence-electron chi connectivity index (χ2n) is 11.2. The number of thiocarbonyl (C=S) groups is 1. The number of aromatic carboxylic acids is 1. The zero-order chi connectivity index (χ0) is 36.0. The van der Waals surface area contributed by atoms with Crippen molar-refractivity contribution in [2.45, 2.75) is 27.7 Å². The molecule has 0 atom stereocenters. The largest absolute Gasteiger partial charge is 0.507 e. The average Bonchev–Trinajstić information content (AvgIpc) is 3.06. The summed E-state index contributed by atoms with van der Waals surface area (Å²) in [4.78, 5) is 37.1. The quantitative estimate of drug-likeness (QED) is 0.0673. The monoisotopic (exact) mass is 681 g/mol. The van der Waals surface area contributed by atoms with Gasteiger partial charge in [-0.2, -0.15) is 0 Å². The predicted molar refractivity (Wildman–Crippen MR) is 191 cm³/mol. The van der Waals surface area contributed by atoms with Crippen LogP contribution in [0.25, 0.3) is 10.8 Å². The van der Waals surface area contributed by atoms with Crippen molar-refractivity contribution < 1.29 is 43.9 Å². The molecule has 0 heterocycles. The maximum absolute atomic E-state index is 12.6. The molecule has 0 aliphatic heterocycles. The Morgan fingerprint density at radius 1 is 0.776 bits per heavy atom. The van der Waals surface area contributed by atoms with Crippen LogP contribution in [0.2, 0.25) is 0 Å². The van der Waals surface area contributed by atoms with E-state index in [-0.39, 0.29) is 39.3 Å². The number of benzene rings is 5. The van der Waals surface area contributed by atoms with E-state index >= 15 is 0 Å². The Morgan fingerprint density at radius 3 is 2.08 bits per heavy atom. The van der Waals surface area contributed by atoms with Gasteiger partial charge >= 0.3 is 11.9 Å². The number of hydrogen-bond donors (Lipinski definition) is 3. The molecule has 252 valence electrons. The van der Waals surface area contributed by atoms with Gasteiger partial charge in [-0.05, 0) is 104 Å². The van der Waals surface area contributed by atoms with E-state index in [0.29, 0.717) is 17.0 Å². The van der Waals surface area contributed by atoms with Crippen LogP contribution in [-0.4, -0.2) is 52.9 Å². The van der Waals surface area contributed by atoms with E-state index in [4.69, 9.17) is 26.4 Å². The minimum Gasteiger partial charge on any atom is -0.507 e. The summed E-state index contributed by atoms with van der Waals surface area (Å²) >= 11 is 5.41. The molecule has 0 radical (unpaired) electrons. The summed E-state index contributed by atoms with van der Waals surface area (Å²) in [6, 6.07) is 25.1. The van der Waals surface area contributed by atoms with E-state index in [0.717, 1.165) is 16.8 Å². The Hall–Kier alpha value is -5.94. The number of carboxylic acids is 1. The number of ether oxygens (including phenoxy) is 3. The molecule has 5 rings (SSSR count). The van der Waals surface area contributed by atoms with E-state index in [9.17, 15) is 29.7 Å². The molecule has 5 aromatic carbocycles. The lowest BCUT2D eigenvalue weighted by Crippen LogP contribution is -2.29. The van der Waals surface area contributed by atoms with Crippen LogP contribution in [0, 0.1) is 27.7 Å². The number of nitrogens with zero attached hydrogens (tertiary/aromatic N) is 1. The number of anilines is 1. The molecule has 0 aliphatic rings. The van der Waals surface area contributed by atoms with Crippen molar-refractivity contribution in [2.24, 2.45) is 0 Å². The summed E-state index contributed by atoms with van der Waals surface area (Å²) in [7, 11) is 3.23. The highest BCUT2D eigenvalue weighted by Gasteiger charge is 2.26. The van der Waals surface area contributed by atoms with Crippen LogP contribution < -0.4 is 19.1 Å². The van der Waals surface area contributed by atoms with Crippen LogP contribution in [0.15, 0.2) is 78.9 Å². The van der Waals surface area contributed by atoms with Crippen molar-refractivity contribution in [1.82, 2.24) is 0 Å². The molecule has 5 aromatic rings. The first-order valence-electron chi connectivity index (χ1n) is 14.9. The molecule has 3 N–H and O–H groups in total. The molecule has 0 amide bonds. The van der Waals surface area contributed by atoms with E-state index in [1.54, 1.807) is 0 Å². The first-order chi connectivity index (χ1) is 23.3. The third kappa shape index (κ3) is 7.96. The third-order valence-electron chi connectivity index (χ3n) is 7.75. The fourth-order valence-corrected chi connectivity index (χ4v) is 5.26. The zero-order valence-electron chi connectivity index (χ0n) is 27.7. The first kappa shape index (κ1) is 35.9. The van der Waals surface area contributed by atoms with Crippen LogP contribution in [0.4, 0.5) is 5.69 Å². The fraction of sp³-hybridized carbons (Fsp3) is 0.158. The van der Waals surface area contributed by atoms with Gasteiger partial charge in [0.1, 0.15) is 39.9 Å². The molecular formula is C38H35NO9S. The number of phenolic OH excluding ortho intramolecular Hbond substituents is 1. The average molecular weight is 682 g/mol. The summed E-state index contributed by atoms with van der Waals surface area (Å²) in [6.07, 6.45) is 0.350. The molecule has 0 saturated carbocycles. The van der Waals surface area contributed by atoms with E-state index in [1.165, 1.54) is 51.0 Å². The highest BCUT2D eigenvalue weighted by molar-refractivity contribution is 7.80. The molecule has 10 nitrogen and oxygen atoms in total. The highest BCUT2D eigenvalue weighted by atomic mass is 32.1. The van der Waals surface area contributed by atoms with Crippen molar-refractivity contribution in [3.05, 3.63) is 118 Å². The standard InChI is InChI=1S/C19H17NOS.C19H18O8/c1-14-6-5-9-17(12-14)20(2)19(22)21-18-11-10-15-7-3-4-8-16(15)13-18;1-8-5-13(26-4)11(7-20)17(22)14(8)19(25)27-12-6-9(2)16(21)15(10(12)3)18(23)24/h3-13H,1-2H3;5-7,21-22H,1-4H3,(H,23,24). The van der Waals surface area contributed by atoms with Crippen LogP contribution in [0.1, 0.15) is 53.3 Å². The number of carbonyl (C=O) groups is 3. The molecule has 0 aromatic heterocycles. The van der Waals surface area contributed by atoms with Gasteiger partial charge < -0.3 is 34.4 Å². The predicted octanol–water partition coefficient (Wildman–Crippen LogP) is 7.71. The van der Waals surface area contributed by atoms with Gasteiger partial charge in [0.05, 0.1) is 12.7 Å². The molecule has 0 spiro atoms. The Balaban J connectivity index is 0.000000225. The number of aryl methyl sites for hydroxylation is 3. The summed E-state index contributed by atoms with van der Waals surface area (Å²) < 4.78 is 16.1. The van der Waals surface area contributed by atoms with Crippen LogP contribution in [-0.2, 0) is 0 Å². The first-order valence-corrected chi connectivity index (χ1v) is 15.3. The molecule has 49 heavy (non-hydrogen) atoms. The number of phenols is 2. The maximum atomic E-state index is 12.6. The highest BCUT2D eigenvalue weighted by Crippen LogP contribution is 2.36. The molecule has 0 aliphatic carbocycles. The number of rotatable bonds is 7. The van der Waals surface area contributed by atoms with Gasteiger partial charge in [-0.25, -0.2) is 9.59 Å². The van der Waals surface area contributed by atoms with Gasteiger partial charge in [0.25, 0.3) is 5.17 Å². The topological polar surface area (TPSA) is 143 Å². The zero-order valence-corrected chi connectivity index (χ0v) is 28.5. The number of aldehydes is 1. The smallest absolute Gasteiger partial charge is 0.347 e. The number of carbonyl (C=O) groups excluding carboxylic acids is 2. The Kier molecular flexibility index (Phi) is 11.2. The van der Waals surface area contributed by atoms with Crippen LogP contribution in [0.3, 0.4) is 0 Å². The lowest BCUT2D eigenvalue weighted by atomic mass is 10.0. The van der Waals surface area contributed by atoms with Crippen molar-refractivity contribution in [1.29, 1.82) is 0 Å². The minimum absolute atomic E-state index is 0.0419. The minimum atomic E-state index is -1.38. The third-order valence-corrected chi connectivity index (χ3v) is 8.11. The normalized spacial score (nSPS) is 10.4. The molecule has 0 bridgehead atoms. The van der Waals surface area contributed by atoms with Gasteiger partial charge in [-0.15, -0.1) is 0 Å². The fourth-order valence-electron chi connectivity index (χ4n) is 5.06. The molecule has 11 heteroatoms. The van der Waals surface area contributed by atoms with Crippen LogP contribution in [0.5, 0.6) is 28.7 Å². The van der Waals surface area contributed by atoms with E-state index < -0.39 is 23.4 Å². The molecular weight excluding hydrogens is 646 g/mol. The molecule has 0 unspecified atom stereocenters. The van der Waals surface area contributed by atoms with Crippen molar-refractivity contribution in [3.63, 3.8) is 0 Å². The molecule has 0 saturated heterocycles. The number of esters is 1. The van der Waals surface area contributed by atoms with Gasteiger partial charge in [-0.1, -0.05) is 42.5 Å². The second kappa shape index (κ2) is 15.3. The van der Waals surface area contributed by atoms with Crippen molar-refractivity contribution in [2.75, 3.05) is 19.1 Å². The Morgan fingerprint density at radius 2 is 1.45 bits per heavy atom. The Labute approximate surface area is 288 Å². The number of fused-ring (bicyclic) bond motifs is 1. The van der Waals surface area contributed by atoms with Gasteiger partial charge in [0, 0.05) is 18.3 Å². The lowest BCUT2D eigenvalue weighted by molar-refractivity contribution is 0.0681. The van der Waals surface area contributed by atoms with E-state index in [2.05, 4.69) is 31.2 Å². The summed E-state index contributed by atoms with van der Waals surface area (Å²) in [5.74, 6) is -2.62. The number of carboxylic acid groups (broad SMARTS) is 1. The lowest BCUT2D eigenvalue weighted by Gasteiger charge is -2.20. The van der Waals surface area contributed by atoms with Gasteiger partial charge in [0.2, 0.25) is 0 Å². The number of aromatic hydroxyl groups is 2. The van der Waals surface area contributed by atoms with Crippen molar-refractivity contribution in [3.8, 4) is 28.7 Å². The van der Waals surface area contributed by atoms with Crippen molar-refractivity contribution >= 4 is 52.1 Å².